The van der Waals surface area contributed by atoms with Crippen molar-refractivity contribution in [1.82, 2.24) is 15.3 Å². The molecule has 0 aliphatic carbocycles. The summed E-state index contributed by atoms with van der Waals surface area (Å²) in [5, 5.41) is 3.31. The topological polar surface area (TPSA) is 74.8 Å². The third kappa shape index (κ3) is 3.61. The van der Waals surface area contributed by atoms with Crippen LogP contribution in [0.2, 0.25) is 0 Å². The number of nitrogens with one attached hydrogen (secondary N) is 2. The molecule has 0 aliphatic rings. The quantitative estimate of drug-likeness (QED) is 0.640. The van der Waals surface area contributed by atoms with Crippen LogP contribution in [0.1, 0.15) is 16.1 Å². The number of aromatic nitrogens is 2. The van der Waals surface area contributed by atoms with Crippen molar-refractivity contribution in [3.63, 3.8) is 0 Å². The summed E-state index contributed by atoms with van der Waals surface area (Å²) >= 11 is 6.80. The van der Waals surface area contributed by atoms with Crippen molar-refractivity contribution < 1.29 is 4.79 Å². The Bertz CT molecular complexity index is 513. The van der Waals surface area contributed by atoms with Gasteiger partial charge >= 0.3 is 5.69 Å². The average Bonchev–Trinajstić information content (AvgIpc) is 2.24. The maximum atomic E-state index is 11.9. The molecule has 1 rings (SSSR count). The molecule has 0 atom stereocenters. The van der Waals surface area contributed by atoms with Crippen molar-refractivity contribution in [2.45, 2.75) is 11.9 Å². The molecule has 7 heteroatoms. The third-order valence-electron chi connectivity index (χ3n) is 1.95. The lowest BCUT2D eigenvalue weighted by Gasteiger charge is -2.09. The molecule has 0 aromatic carbocycles. The molecule has 2 N–H and O–H groups in total. The Morgan fingerprint density at radius 1 is 1.65 bits per heavy atom. The van der Waals surface area contributed by atoms with Crippen LogP contribution in [0.4, 0.5) is 0 Å². The van der Waals surface area contributed by atoms with Gasteiger partial charge in [0.25, 0.3) is 5.91 Å². The van der Waals surface area contributed by atoms with Gasteiger partial charge in [0.15, 0.2) is 0 Å². The van der Waals surface area contributed by atoms with E-state index in [0.29, 0.717) is 21.3 Å². The van der Waals surface area contributed by atoms with E-state index in [9.17, 15) is 9.59 Å². The second-order valence-electron chi connectivity index (χ2n) is 3.25. The molecule has 5 nitrogen and oxygen atoms in total. The van der Waals surface area contributed by atoms with Crippen molar-refractivity contribution >= 4 is 29.3 Å². The SMILES string of the molecule is C=C(Cl)CNC(=O)c1c(SC)nc(=O)[nH]c1C. The molecule has 92 valence electrons. The third-order valence-corrected chi connectivity index (χ3v) is 2.76. The summed E-state index contributed by atoms with van der Waals surface area (Å²) in [5.74, 6) is -0.336. The first-order valence-electron chi connectivity index (χ1n) is 4.72. The molecular weight excluding hydrogens is 262 g/mol. The zero-order valence-corrected chi connectivity index (χ0v) is 11.0. The van der Waals surface area contributed by atoms with E-state index in [4.69, 9.17) is 11.6 Å². The Hall–Kier alpha value is -1.27. The summed E-state index contributed by atoms with van der Waals surface area (Å²) in [4.78, 5) is 29.3. The molecule has 1 heterocycles. The predicted octanol–water partition coefficient (Wildman–Crippen LogP) is 1.28. The maximum Gasteiger partial charge on any atom is 0.346 e. The van der Waals surface area contributed by atoms with Gasteiger partial charge in [-0.15, -0.1) is 11.8 Å². The number of aromatic amines is 1. The van der Waals surface area contributed by atoms with Crippen molar-refractivity contribution in [3.8, 4) is 0 Å². The minimum atomic E-state index is -0.467. The molecule has 0 unspecified atom stereocenters. The lowest BCUT2D eigenvalue weighted by atomic mass is 10.2. The Morgan fingerprint density at radius 3 is 2.82 bits per heavy atom. The molecule has 0 saturated heterocycles. The van der Waals surface area contributed by atoms with Crippen LogP contribution < -0.4 is 11.0 Å². The number of carbonyl (C=O) groups excluding carboxylic acids is 1. The van der Waals surface area contributed by atoms with Gasteiger partial charge in [-0.1, -0.05) is 18.2 Å². The highest BCUT2D eigenvalue weighted by atomic mass is 35.5. The number of H-pyrrole nitrogens is 1. The molecule has 17 heavy (non-hydrogen) atoms. The molecular formula is C10H12ClN3O2S. The van der Waals surface area contributed by atoms with Crippen LogP contribution in [0.25, 0.3) is 0 Å². The van der Waals surface area contributed by atoms with Crippen molar-refractivity contribution in [2.75, 3.05) is 12.8 Å². The molecule has 0 saturated carbocycles. The number of aryl methyl sites for hydroxylation is 1. The number of hydrogen-bond acceptors (Lipinski definition) is 4. The number of halogens is 1. The fourth-order valence-electron chi connectivity index (χ4n) is 1.24. The second kappa shape index (κ2) is 5.88. The van der Waals surface area contributed by atoms with Crippen molar-refractivity contribution in [3.05, 3.63) is 33.4 Å². The van der Waals surface area contributed by atoms with Crippen LogP contribution in [0, 0.1) is 6.92 Å². The predicted molar refractivity (Wildman–Crippen MR) is 68.7 cm³/mol. The number of amides is 1. The van der Waals surface area contributed by atoms with Gasteiger partial charge in [-0.3, -0.25) is 4.79 Å². The fraction of sp³-hybridized carbons (Fsp3) is 0.300. The van der Waals surface area contributed by atoms with E-state index in [-0.39, 0.29) is 12.5 Å². The van der Waals surface area contributed by atoms with E-state index in [0.717, 1.165) is 0 Å². The number of thioether (sulfide) groups is 1. The zero-order chi connectivity index (χ0) is 13.0. The fourth-order valence-corrected chi connectivity index (χ4v) is 1.93. The first kappa shape index (κ1) is 13.8. The highest BCUT2D eigenvalue weighted by molar-refractivity contribution is 7.98. The van der Waals surface area contributed by atoms with Gasteiger partial charge in [0.2, 0.25) is 0 Å². The Balaban J connectivity index is 3.08. The van der Waals surface area contributed by atoms with Gasteiger partial charge < -0.3 is 10.3 Å². The first-order valence-corrected chi connectivity index (χ1v) is 6.32. The largest absolute Gasteiger partial charge is 0.347 e. The van der Waals surface area contributed by atoms with Crippen molar-refractivity contribution in [2.24, 2.45) is 0 Å². The van der Waals surface area contributed by atoms with Crippen LogP contribution in [-0.2, 0) is 0 Å². The summed E-state index contributed by atoms with van der Waals surface area (Å²) in [6.07, 6.45) is 1.75. The molecule has 0 bridgehead atoms. The minimum absolute atomic E-state index is 0.173. The van der Waals surface area contributed by atoms with E-state index in [1.165, 1.54) is 11.8 Å². The molecule has 0 aliphatic heterocycles. The van der Waals surface area contributed by atoms with E-state index in [1.54, 1.807) is 13.2 Å². The lowest BCUT2D eigenvalue weighted by Crippen LogP contribution is -2.28. The first-order chi connectivity index (χ1) is 7.95. The van der Waals surface area contributed by atoms with E-state index in [2.05, 4.69) is 21.9 Å². The summed E-state index contributed by atoms with van der Waals surface area (Å²) in [6, 6.07) is 0. The standard InChI is InChI=1S/C10H12ClN3O2S/c1-5(11)4-12-8(15)7-6(2)13-10(16)14-9(7)17-3/h1,4H2,2-3H3,(H,12,15)(H,13,14,16). The lowest BCUT2D eigenvalue weighted by molar-refractivity contribution is 0.0952. The maximum absolute atomic E-state index is 11.9. The van der Waals surface area contributed by atoms with Gasteiger partial charge in [0.05, 0.1) is 12.1 Å². The molecule has 0 fully saturated rings. The Kier molecular flexibility index (Phi) is 4.77. The summed E-state index contributed by atoms with van der Waals surface area (Å²) in [5.41, 5.74) is 0.368. The van der Waals surface area contributed by atoms with Gasteiger partial charge in [-0.05, 0) is 13.2 Å². The van der Waals surface area contributed by atoms with Gasteiger partial charge in [-0.2, -0.15) is 4.98 Å². The van der Waals surface area contributed by atoms with E-state index < -0.39 is 5.69 Å². The van der Waals surface area contributed by atoms with Crippen LogP contribution >= 0.6 is 23.4 Å². The molecule has 1 aromatic rings. The van der Waals surface area contributed by atoms with Crippen LogP contribution in [0.5, 0.6) is 0 Å². The van der Waals surface area contributed by atoms with Crippen molar-refractivity contribution in [1.29, 1.82) is 0 Å². The monoisotopic (exact) mass is 273 g/mol. The number of rotatable bonds is 4. The summed E-state index contributed by atoms with van der Waals surface area (Å²) < 4.78 is 0. The average molecular weight is 274 g/mol. The Labute approximate surface area is 108 Å². The minimum Gasteiger partial charge on any atom is -0.347 e. The van der Waals surface area contributed by atoms with E-state index >= 15 is 0 Å². The molecule has 0 spiro atoms. The molecule has 0 radical (unpaired) electrons. The summed E-state index contributed by atoms with van der Waals surface area (Å²) in [7, 11) is 0. The normalized spacial score (nSPS) is 10.1. The highest BCUT2D eigenvalue weighted by Gasteiger charge is 2.16. The smallest absolute Gasteiger partial charge is 0.346 e. The summed E-state index contributed by atoms with van der Waals surface area (Å²) in [6.45, 7) is 5.29. The number of hydrogen-bond donors (Lipinski definition) is 2. The van der Waals surface area contributed by atoms with Gasteiger partial charge in [-0.25, -0.2) is 4.79 Å². The highest BCUT2D eigenvalue weighted by Crippen LogP contribution is 2.17. The van der Waals surface area contributed by atoms with Gasteiger partial charge in [0.1, 0.15) is 5.03 Å². The number of carbonyl (C=O) groups is 1. The van der Waals surface area contributed by atoms with Gasteiger partial charge in [0, 0.05) is 10.7 Å². The molecule has 1 aromatic heterocycles. The van der Waals surface area contributed by atoms with Crippen LogP contribution in [0.15, 0.2) is 21.4 Å². The second-order valence-corrected chi connectivity index (χ2v) is 4.58. The molecule has 1 amide bonds. The Morgan fingerprint density at radius 2 is 2.29 bits per heavy atom. The van der Waals surface area contributed by atoms with Crippen LogP contribution in [-0.4, -0.2) is 28.7 Å². The van der Waals surface area contributed by atoms with E-state index in [1.807, 2.05) is 0 Å². The number of nitrogens with zero attached hydrogens (tertiary/aromatic N) is 1. The zero-order valence-electron chi connectivity index (χ0n) is 9.46. The van der Waals surface area contributed by atoms with Crippen LogP contribution in [0.3, 0.4) is 0 Å².